The first-order valence-electron chi connectivity index (χ1n) is 6.63. The third kappa shape index (κ3) is 4.00. The highest BCUT2D eigenvalue weighted by Gasteiger charge is 2.27. The van der Waals surface area contributed by atoms with Gasteiger partial charge in [-0.05, 0) is 35.4 Å². The number of hydrogen-bond acceptors (Lipinski definition) is 2. The van der Waals surface area contributed by atoms with Crippen LogP contribution < -0.4 is 0 Å². The van der Waals surface area contributed by atoms with Crippen molar-refractivity contribution in [3.8, 4) is 6.07 Å². The van der Waals surface area contributed by atoms with Gasteiger partial charge < -0.3 is 5.11 Å². The van der Waals surface area contributed by atoms with Crippen LogP contribution in [0.5, 0.6) is 0 Å². The normalized spacial score (nSPS) is 13.1. The van der Waals surface area contributed by atoms with Crippen molar-refractivity contribution in [1.82, 2.24) is 0 Å². The molecule has 0 bridgehead atoms. The van der Waals surface area contributed by atoms with Crippen molar-refractivity contribution in [2.45, 2.75) is 18.3 Å². The summed E-state index contributed by atoms with van der Waals surface area (Å²) in [5.41, 5.74) is 1.52. The molecule has 0 aliphatic heterocycles. The lowest BCUT2D eigenvalue weighted by molar-refractivity contribution is -0.137. The number of nitriles is 1. The van der Waals surface area contributed by atoms with Gasteiger partial charge in [0.25, 0.3) is 0 Å². The number of nitrogens with zero attached hydrogens (tertiary/aromatic N) is 1. The molecule has 0 fully saturated rings. The van der Waals surface area contributed by atoms with Crippen molar-refractivity contribution in [3.05, 3.63) is 69.7 Å². The summed E-state index contributed by atoms with van der Waals surface area (Å²) in [6.45, 7) is 0. The predicted octanol–water partition coefficient (Wildman–Crippen LogP) is 4.86. The second-order valence-electron chi connectivity index (χ2n) is 4.91. The van der Waals surface area contributed by atoms with Crippen LogP contribution in [0.1, 0.15) is 29.4 Å². The van der Waals surface area contributed by atoms with E-state index in [0.29, 0.717) is 10.0 Å². The van der Waals surface area contributed by atoms with E-state index in [4.69, 9.17) is 23.2 Å². The van der Waals surface area contributed by atoms with Crippen LogP contribution in [0.25, 0.3) is 0 Å². The van der Waals surface area contributed by atoms with Gasteiger partial charge in [-0.25, -0.2) is 0 Å². The summed E-state index contributed by atoms with van der Waals surface area (Å²) in [7, 11) is 0. The molecular formula is C17H13Cl2NO2. The highest BCUT2D eigenvalue weighted by Crippen LogP contribution is 2.36. The summed E-state index contributed by atoms with van der Waals surface area (Å²) in [4.78, 5) is 11.2. The van der Waals surface area contributed by atoms with Crippen LogP contribution >= 0.6 is 23.2 Å². The average Bonchev–Trinajstić information content (AvgIpc) is 2.49. The van der Waals surface area contributed by atoms with Gasteiger partial charge in [-0.15, -0.1) is 0 Å². The van der Waals surface area contributed by atoms with Crippen LogP contribution in [-0.2, 0) is 4.79 Å². The maximum atomic E-state index is 11.2. The van der Waals surface area contributed by atoms with E-state index in [2.05, 4.69) is 6.07 Å². The average molecular weight is 334 g/mol. The number of hydrogen-bond donors (Lipinski definition) is 1. The summed E-state index contributed by atoms with van der Waals surface area (Å²) >= 11 is 11.7. The zero-order valence-electron chi connectivity index (χ0n) is 11.5. The zero-order valence-corrected chi connectivity index (χ0v) is 13.1. The van der Waals surface area contributed by atoms with Crippen LogP contribution in [0.2, 0.25) is 10.0 Å². The van der Waals surface area contributed by atoms with Crippen molar-refractivity contribution in [3.63, 3.8) is 0 Å². The quantitative estimate of drug-likeness (QED) is 0.849. The molecular weight excluding hydrogens is 321 g/mol. The smallest absolute Gasteiger partial charge is 0.304 e. The SMILES string of the molecule is N#CC(c1ccc(Cl)cc1)C(CC(=O)O)c1ccc(Cl)cc1. The third-order valence-corrected chi connectivity index (χ3v) is 3.97. The number of carboxylic acids is 1. The molecule has 2 unspecified atom stereocenters. The molecule has 112 valence electrons. The standard InChI is InChI=1S/C17H13Cl2NO2/c18-13-5-1-11(2-6-13)15(9-17(21)22)16(10-20)12-3-7-14(19)8-4-12/h1-8,15-16H,9H2,(H,21,22). The fourth-order valence-corrected chi connectivity index (χ4v) is 2.65. The molecule has 5 heteroatoms. The fraction of sp³-hybridized carbons (Fsp3) is 0.176. The minimum Gasteiger partial charge on any atom is -0.481 e. The van der Waals surface area contributed by atoms with Gasteiger partial charge in [-0.2, -0.15) is 5.26 Å². The molecule has 0 aliphatic carbocycles. The van der Waals surface area contributed by atoms with Gasteiger partial charge in [0.15, 0.2) is 0 Å². The first-order chi connectivity index (χ1) is 10.5. The number of rotatable bonds is 5. The van der Waals surface area contributed by atoms with Gasteiger partial charge in [0.05, 0.1) is 18.4 Å². The Bertz CT molecular complexity index is 690. The van der Waals surface area contributed by atoms with Crippen LogP contribution in [0.15, 0.2) is 48.5 Å². The van der Waals surface area contributed by atoms with Crippen molar-refractivity contribution in [1.29, 1.82) is 5.26 Å². The molecule has 0 radical (unpaired) electrons. The Kier molecular flexibility index (Phi) is 5.43. The van der Waals surface area contributed by atoms with Crippen LogP contribution in [-0.4, -0.2) is 11.1 Å². The Hall–Kier alpha value is -2.02. The van der Waals surface area contributed by atoms with Crippen molar-refractivity contribution in [2.75, 3.05) is 0 Å². The van der Waals surface area contributed by atoms with Crippen molar-refractivity contribution in [2.24, 2.45) is 0 Å². The van der Waals surface area contributed by atoms with E-state index >= 15 is 0 Å². The first kappa shape index (κ1) is 16.4. The molecule has 2 atom stereocenters. The fourth-order valence-electron chi connectivity index (χ4n) is 2.39. The topological polar surface area (TPSA) is 61.1 Å². The molecule has 2 rings (SSSR count). The lowest BCUT2D eigenvalue weighted by Gasteiger charge is -2.21. The molecule has 22 heavy (non-hydrogen) atoms. The minimum absolute atomic E-state index is 0.136. The number of halogens is 2. The summed E-state index contributed by atoms with van der Waals surface area (Å²) in [5, 5.41) is 19.9. The third-order valence-electron chi connectivity index (χ3n) is 3.46. The second kappa shape index (κ2) is 7.31. The van der Waals surface area contributed by atoms with E-state index in [0.717, 1.165) is 11.1 Å². The van der Waals surface area contributed by atoms with E-state index in [-0.39, 0.29) is 6.42 Å². The Morgan fingerprint density at radius 1 is 1.00 bits per heavy atom. The predicted molar refractivity (Wildman–Crippen MR) is 86.3 cm³/mol. The van der Waals surface area contributed by atoms with Crippen molar-refractivity contribution < 1.29 is 9.90 Å². The van der Waals surface area contributed by atoms with Gasteiger partial charge in [0, 0.05) is 16.0 Å². The Labute approximate surface area is 138 Å². The molecule has 2 aromatic carbocycles. The number of carbonyl (C=O) groups is 1. The summed E-state index contributed by atoms with van der Waals surface area (Å²) in [5.74, 6) is -1.98. The van der Waals surface area contributed by atoms with E-state index in [1.807, 2.05) is 0 Å². The second-order valence-corrected chi connectivity index (χ2v) is 5.79. The molecule has 0 saturated heterocycles. The van der Waals surface area contributed by atoms with Gasteiger partial charge in [-0.3, -0.25) is 4.79 Å². The molecule has 2 aromatic rings. The summed E-state index contributed by atoms with van der Waals surface area (Å²) < 4.78 is 0. The van der Waals surface area contributed by atoms with Crippen molar-refractivity contribution >= 4 is 29.2 Å². The number of aliphatic carboxylic acids is 1. The van der Waals surface area contributed by atoms with Crippen LogP contribution in [0, 0.1) is 11.3 Å². The summed E-state index contributed by atoms with van der Waals surface area (Å²) in [6, 6.07) is 16.0. The largest absolute Gasteiger partial charge is 0.481 e. The van der Waals surface area contributed by atoms with E-state index < -0.39 is 17.8 Å². The van der Waals surface area contributed by atoms with Crippen LogP contribution in [0.4, 0.5) is 0 Å². The lowest BCUT2D eigenvalue weighted by atomic mass is 9.80. The van der Waals surface area contributed by atoms with E-state index in [1.165, 1.54) is 0 Å². The Morgan fingerprint density at radius 3 is 1.86 bits per heavy atom. The van der Waals surface area contributed by atoms with Gasteiger partial charge in [-0.1, -0.05) is 47.5 Å². The summed E-state index contributed by atoms with van der Waals surface area (Å²) in [6.07, 6.45) is -0.136. The van der Waals surface area contributed by atoms with E-state index in [9.17, 15) is 15.2 Å². The molecule has 0 saturated carbocycles. The molecule has 0 amide bonds. The maximum Gasteiger partial charge on any atom is 0.304 e. The highest BCUT2D eigenvalue weighted by molar-refractivity contribution is 6.30. The van der Waals surface area contributed by atoms with Gasteiger partial charge >= 0.3 is 5.97 Å². The van der Waals surface area contributed by atoms with Gasteiger partial charge in [0.2, 0.25) is 0 Å². The van der Waals surface area contributed by atoms with Gasteiger partial charge in [0.1, 0.15) is 0 Å². The van der Waals surface area contributed by atoms with E-state index in [1.54, 1.807) is 48.5 Å². The monoisotopic (exact) mass is 333 g/mol. The number of benzene rings is 2. The molecule has 0 aliphatic rings. The highest BCUT2D eigenvalue weighted by atomic mass is 35.5. The molecule has 0 spiro atoms. The number of carboxylic acid groups (broad SMARTS) is 1. The Balaban J connectivity index is 2.42. The minimum atomic E-state index is -0.950. The Morgan fingerprint density at radius 2 is 1.45 bits per heavy atom. The first-order valence-corrected chi connectivity index (χ1v) is 7.39. The van der Waals surface area contributed by atoms with Crippen LogP contribution in [0.3, 0.4) is 0 Å². The molecule has 0 aromatic heterocycles. The maximum absolute atomic E-state index is 11.2. The molecule has 0 heterocycles. The zero-order chi connectivity index (χ0) is 16.1. The lowest BCUT2D eigenvalue weighted by Crippen LogP contribution is -2.14. The molecule has 1 N–H and O–H groups in total. The molecule has 3 nitrogen and oxygen atoms in total.